The number of hydrogen-bond donors (Lipinski definition) is 1. The third-order valence-corrected chi connectivity index (χ3v) is 2.42. The van der Waals surface area contributed by atoms with E-state index in [1.165, 1.54) is 6.07 Å². The predicted octanol–water partition coefficient (Wildman–Crippen LogP) is 3.35. The van der Waals surface area contributed by atoms with Crippen LogP contribution < -0.4 is 5.32 Å². The summed E-state index contributed by atoms with van der Waals surface area (Å²) in [5.74, 6) is 0.551. The van der Waals surface area contributed by atoms with Gasteiger partial charge in [0.1, 0.15) is 5.82 Å². The summed E-state index contributed by atoms with van der Waals surface area (Å²) >= 11 is 0. The smallest absolute Gasteiger partial charge is 0.127 e. The Hall–Kier alpha value is -0.890. The van der Waals surface area contributed by atoms with Crippen molar-refractivity contribution in [2.75, 3.05) is 0 Å². The molecular weight excluding hydrogens is 189 g/mol. The summed E-state index contributed by atoms with van der Waals surface area (Å²) in [5, 5.41) is 3.33. The van der Waals surface area contributed by atoms with Gasteiger partial charge in [0.05, 0.1) is 0 Å². The van der Waals surface area contributed by atoms with Crippen LogP contribution in [-0.4, -0.2) is 6.04 Å². The van der Waals surface area contributed by atoms with E-state index in [-0.39, 0.29) is 5.82 Å². The Labute approximate surface area is 91.7 Å². The highest BCUT2D eigenvalue weighted by atomic mass is 19.1. The van der Waals surface area contributed by atoms with E-state index in [9.17, 15) is 4.39 Å². The Balaban J connectivity index is 2.40. The molecule has 1 aromatic carbocycles. The van der Waals surface area contributed by atoms with Gasteiger partial charge >= 0.3 is 0 Å². The molecule has 0 heterocycles. The van der Waals surface area contributed by atoms with Crippen LogP contribution in [0.25, 0.3) is 0 Å². The molecule has 0 radical (unpaired) electrons. The van der Waals surface area contributed by atoms with Gasteiger partial charge in [-0.1, -0.05) is 32.0 Å². The van der Waals surface area contributed by atoms with Gasteiger partial charge in [0.25, 0.3) is 0 Å². The number of rotatable bonds is 5. The molecule has 0 bridgehead atoms. The lowest BCUT2D eigenvalue weighted by Crippen LogP contribution is -2.27. The van der Waals surface area contributed by atoms with Crippen molar-refractivity contribution in [2.45, 2.75) is 39.8 Å². The molecule has 1 rings (SSSR count). The summed E-state index contributed by atoms with van der Waals surface area (Å²) in [4.78, 5) is 0. The van der Waals surface area contributed by atoms with E-state index in [2.05, 4.69) is 26.1 Å². The van der Waals surface area contributed by atoms with Gasteiger partial charge in [-0.25, -0.2) is 4.39 Å². The highest BCUT2D eigenvalue weighted by molar-refractivity contribution is 5.16. The van der Waals surface area contributed by atoms with E-state index >= 15 is 0 Å². The maximum absolute atomic E-state index is 13.3. The van der Waals surface area contributed by atoms with Crippen LogP contribution in [0, 0.1) is 11.7 Å². The van der Waals surface area contributed by atoms with Gasteiger partial charge in [0, 0.05) is 18.2 Å². The van der Waals surface area contributed by atoms with Gasteiger partial charge in [0.15, 0.2) is 0 Å². The van der Waals surface area contributed by atoms with Gasteiger partial charge in [0.2, 0.25) is 0 Å². The van der Waals surface area contributed by atoms with Crippen LogP contribution in [0.4, 0.5) is 4.39 Å². The lowest BCUT2D eigenvalue weighted by Gasteiger charge is -2.16. The first kappa shape index (κ1) is 12.2. The van der Waals surface area contributed by atoms with Crippen molar-refractivity contribution < 1.29 is 4.39 Å². The van der Waals surface area contributed by atoms with Gasteiger partial charge in [-0.2, -0.15) is 0 Å². The van der Waals surface area contributed by atoms with Crippen LogP contribution in [0.1, 0.15) is 32.8 Å². The molecule has 0 saturated carbocycles. The third-order valence-electron chi connectivity index (χ3n) is 2.42. The number of hydrogen-bond acceptors (Lipinski definition) is 1. The molecule has 1 N–H and O–H groups in total. The predicted molar refractivity (Wildman–Crippen MR) is 62.2 cm³/mol. The largest absolute Gasteiger partial charge is 0.310 e. The molecule has 0 fully saturated rings. The van der Waals surface area contributed by atoms with E-state index in [1.807, 2.05) is 12.1 Å². The molecule has 0 unspecified atom stereocenters. The Morgan fingerprint density at radius 3 is 2.47 bits per heavy atom. The Kier molecular flexibility index (Phi) is 4.76. The van der Waals surface area contributed by atoms with Crippen molar-refractivity contribution in [2.24, 2.45) is 5.92 Å². The van der Waals surface area contributed by atoms with Crippen LogP contribution in [-0.2, 0) is 6.54 Å². The van der Waals surface area contributed by atoms with Crippen molar-refractivity contribution >= 4 is 0 Å². The fraction of sp³-hybridized carbons (Fsp3) is 0.538. The monoisotopic (exact) mass is 209 g/mol. The zero-order chi connectivity index (χ0) is 11.3. The first-order valence-corrected chi connectivity index (χ1v) is 5.56. The zero-order valence-electron chi connectivity index (χ0n) is 9.76. The SMILES string of the molecule is CC(C)C[C@@H](C)NCc1ccccc1F. The average molecular weight is 209 g/mol. The number of benzene rings is 1. The summed E-state index contributed by atoms with van der Waals surface area (Å²) in [5.41, 5.74) is 0.744. The quantitative estimate of drug-likeness (QED) is 0.784. The minimum Gasteiger partial charge on any atom is -0.310 e. The van der Waals surface area contributed by atoms with E-state index in [1.54, 1.807) is 6.07 Å². The van der Waals surface area contributed by atoms with Crippen molar-refractivity contribution in [3.8, 4) is 0 Å². The van der Waals surface area contributed by atoms with Gasteiger partial charge < -0.3 is 5.32 Å². The average Bonchev–Trinajstić information content (AvgIpc) is 2.15. The molecule has 1 aromatic rings. The lowest BCUT2D eigenvalue weighted by atomic mass is 10.1. The second-order valence-corrected chi connectivity index (χ2v) is 4.50. The fourth-order valence-electron chi connectivity index (χ4n) is 1.72. The molecule has 0 aliphatic carbocycles. The van der Waals surface area contributed by atoms with Crippen molar-refractivity contribution in [3.63, 3.8) is 0 Å². The second-order valence-electron chi connectivity index (χ2n) is 4.50. The molecular formula is C13H20FN. The summed E-state index contributed by atoms with van der Waals surface area (Å²) in [6, 6.07) is 7.35. The maximum Gasteiger partial charge on any atom is 0.127 e. The summed E-state index contributed by atoms with van der Waals surface area (Å²) in [6.45, 7) is 7.14. The first-order valence-electron chi connectivity index (χ1n) is 5.56. The topological polar surface area (TPSA) is 12.0 Å². The summed E-state index contributed by atoms with van der Waals surface area (Å²) in [7, 11) is 0. The Bertz CT molecular complexity index is 296. The summed E-state index contributed by atoms with van der Waals surface area (Å²) in [6.07, 6.45) is 1.12. The molecule has 84 valence electrons. The van der Waals surface area contributed by atoms with Crippen LogP contribution in [0.3, 0.4) is 0 Å². The molecule has 1 nitrogen and oxygen atoms in total. The minimum absolute atomic E-state index is 0.123. The molecule has 0 aliphatic heterocycles. The van der Waals surface area contributed by atoms with Gasteiger partial charge in [-0.3, -0.25) is 0 Å². The van der Waals surface area contributed by atoms with Crippen LogP contribution in [0.15, 0.2) is 24.3 Å². The zero-order valence-corrected chi connectivity index (χ0v) is 9.76. The van der Waals surface area contributed by atoms with E-state index in [0.717, 1.165) is 12.0 Å². The molecule has 15 heavy (non-hydrogen) atoms. The third kappa shape index (κ3) is 4.43. The van der Waals surface area contributed by atoms with E-state index in [0.29, 0.717) is 18.5 Å². The molecule has 0 amide bonds. The van der Waals surface area contributed by atoms with Crippen LogP contribution in [0.2, 0.25) is 0 Å². The van der Waals surface area contributed by atoms with Crippen molar-refractivity contribution in [1.29, 1.82) is 0 Å². The molecule has 0 saturated heterocycles. The van der Waals surface area contributed by atoms with E-state index in [4.69, 9.17) is 0 Å². The highest BCUT2D eigenvalue weighted by Gasteiger charge is 2.05. The Morgan fingerprint density at radius 1 is 1.20 bits per heavy atom. The van der Waals surface area contributed by atoms with Crippen LogP contribution in [0.5, 0.6) is 0 Å². The molecule has 1 atom stereocenters. The highest BCUT2D eigenvalue weighted by Crippen LogP contribution is 2.08. The Morgan fingerprint density at radius 2 is 1.87 bits per heavy atom. The van der Waals surface area contributed by atoms with Crippen molar-refractivity contribution in [3.05, 3.63) is 35.6 Å². The molecule has 0 spiro atoms. The van der Waals surface area contributed by atoms with Crippen molar-refractivity contribution in [1.82, 2.24) is 5.32 Å². The minimum atomic E-state index is -0.123. The normalized spacial score (nSPS) is 13.1. The van der Waals surface area contributed by atoms with Gasteiger partial charge in [-0.15, -0.1) is 0 Å². The standard InChI is InChI=1S/C13H20FN/c1-10(2)8-11(3)15-9-12-6-4-5-7-13(12)14/h4-7,10-11,15H,8-9H2,1-3H3/t11-/m1/s1. The first-order chi connectivity index (χ1) is 7.09. The number of nitrogens with one attached hydrogen (secondary N) is 1. The lowest BCUT2D eigenvalue weighted by molar-refractivity contribution is 0.437. The van der Waals surface area contributed by atoms with E-state index < -0.39 is 0 Å². The molecule has 0 aliphatic rings. The molecule has 2 heteroatoms. The van der Waals surface area contributed by atoms with Crippen LogP contribution >= 0.6 is 0 Å². The molecule has 0 aromatic heterocycles. The second kappa shape index (κ2) is 5.86. The maximum atomic E-state index is 13.3. The van der Waals surface area contributed by atoms with Gasteiger partial charge in [-0.05, 0) is 25.3 Å². The number of halogens is 1. The fourth-order valence-corrected chi connectivity index (χ4v) is 1.72. The summed E-state index contributed by atoms with van der Waals surface area (Å²) < 4.78 is 13.3.